The van der Waals surface area contributed by atoms with Gasteiger partial charge in [-0.1, -0.05) is 0 Å². The number of nitrogens with one attached hydrogen (secondary N) is 1. The van der Waals surface area contributed by atoms with Gasteiger partial charge in [0, 0.05) is 15.5 Å². The van der Waals surface area contributed by atoms with Crippen molar-refractivity contribution >= 4 is 43.1 Å². The summed E-state index contributed by atoms with van der Waals surface area (Å²) in [6.45, 7) is 0.502. The highest BCUT2D eigenvalue weighted by molar-refractivity contribution is 9.10. The Bertz CT molecular complexity index is 653. The molecule has 0 spiro atoms. The van der Waals surface area contributed by atoms with E-state index in [9.17, 15) is 8.42 Å². The standard InChI is InChI=1S/C11H12BrN3O2S2/c12-8-1-3-10(14-7-8)15-19(16,17)11-4-2-9(18-11)5-6-13/h1-4,7H,5-6,13H2,(H,14,15). The van der Waals surface area contributed by atoms with Crippen LogP contribution in [0.15, 0.2) is 39.1 Å². The summed E-state index contributed by atoms with van der Waals surface area (Å²) >= 11 is 4.46. The first-order valence-electron chi connectivity index (χ1n) is 5.44. The first-order chi connectivity index (χ1) is 9.01. The van der Waals surface area contributed by atoms with Crippen LogP contribution in [0.25, 0.3) is 0 Å². The summed E-state index contributed by atoms with van der Waals surface area (Å²) in [7, 11) is -3.57. The van der Waals surface area contributed by atoms with Crippen LogP contribution in [0.1, 0.15) is 4.88 Å². The molecule has 0 radical (unpaired) electrons. The van der Waals surface area contributed by atoms with Crippen LogP contribution >= 0.6 is 27.3 Å². The fraction of sp³-hybridized carbons (Fsp3) is 0.182. The summed E-state index contributed by atoms with van der Waals surface area (Å²) in [5.74, 6) is 0.289. The van der Waals surface area contributed by atoms with Crippen LogP contribution in [0.4, 0.5) is 5.82 Å². The van der Waals surface area contributed by atoms with Crippen LogP contribution in [0.3, 0.4) is 0 Å². The first-order valence-corrected chi connectivity index (χ1v) is 8.54. The van der Waals surface area contributed by atoms with Crippen LogP contribution in [0, 0.1) is 0 Å². The number of nitrogens with zero attached hydrogens (tertiary/aromatic N) is 1. The predicted octanol–water partition coefficient (Wildman–Crippen LogP) is 2.21. The number of thiophene rings is 1. The molecular formula is C11H12BrN3O2S2. The van der Waals surface area contributed by atoms with Gasteiger partial charge in [0.15, 0.2) is 0 Å². The maximum absolute atomic E-state index is 12.1. The number of rotatable bonds is 5. The fourth-order valence-electron chi connectivity index (χ4n) is 1.40. The van der Waals surface area contributed by atoms with Gasteiger partial charge in [0.1, 0.15) is 10.0 Å². The highest BCUT2D eigenvalue weighted by atomic mass is 79.9. The molecule has 3 N–H and O–H groups in total. The van der Waals surface area contributed by atoms with Crippen molar-refractivity contribution in [2.45, 2.75) is 10.6 Å². The molecule has 0 unspecified atom stereocenters. The number of pyridine rings is 1. The smallest absolute Gasteiger partial charge is 0.272 e. The van der Waals surface area contributed by atoms with Crippen LogP contribution in [-0.2, 0) is 16.4 Å². The molecule has 5 nitrogen and oxygen atoms in total. The fourth-order valence-corrected chi connectivity index (χ4v) is 4.02. The van der Waals surface area contributed by atoms with E-state index in [1.165, 1.54) is 17.5 Å². The van der Waals surface area contributed by atoms with Gasteiger partial charge in [0.2, 0.25) is 0 Å². The van der Waals surface area contributed by atoms with E-state index in [0.717, 1.165) is 9.35 Å². The minimum Gasteiger partial charge on any atom is -0.330 e. The molecule has 0 amide bonds. The highest BCUT2D eigenvalue weighted by Gasteiger charge is 2.17. The number of sulfonamides is 1. The van der Waals surface area contributed by atoms with Crippen molar-refractivity contribution in [2.24, 2.45) is 5.73 Å². The molecule has 0 aromatic carbocycles. The van der Waals surface area contributed by atoms with E-state index < -0.39 is 10.0 Å². The number of halogens is 1. The van der Waals surface area contributed by atoms with Gasteiger partial charge >= 0.3 is 0 Å². The third-order valence-corrected chi connectivity index (χ3v) is 5.72. The molecule has 0 atom stereocenters. The summed E-state index contributed by atoms with van der Waals surface area (Å²) < 4.78 is 27.7. The van der Waals surface area contributed by atoms with Crippen molar-refractivity contribution in [1.29, 1.82) is 0 Å². The van der Waals surface area contributed by atoms with Crippen LogP contribution < -0.4 is 10.5 Å². The second kappa shape index (κ2) is 6.00. The lowest BCUT2D eigenvalue weighted by molar-refractivity contribution is 0.603. The second-order valence-corrected chi connectivity index (χ2v) is 7.72. The largest absolute Gasteiger partial charge is 0.330 e. The highest BCUT2D eigenvalue weighted by Crippen LogP contribution is 2.24. The lowest BCUT2D eigenvalue weighted by Crippen LogP contribution is -2.12. The summed E-state index contributed by atoms with van der Waals surface area (Å²) in [4.78, 5) is 4.93. The van der Waals surface area contributed by atoms with Gasteiger partial charge in [-0.25, -0.2) is 13.4 Å². The topological polar surface area (TPSA) is 85.1 Å². The molecule has 0 bridgehead atoms. The zero-order valence-corrected chi connectivity index (χ0v) is 13.1. The molecule has 0 aliphatic heterocycles. The number of aromatic nitrogens is 1. The molecule has 2 aromatic rings. The van der Waals surface area contributed by atoms with Gasteiger partial charge in [0.25, 0.3) is 10.0 Å². The molecule has 19 heavy (non-hydrogen) atoms. The normalized spacial score (nSPS) is 11.5. The molecule has 0 aliphatic carbocycles. The zero-order valence-electron chi connectivity index (χ0n) is 9.84. The summed E-state index contributed by atoms with van der Waals surface area (Å²) in [5, 5.41) is 0. The zero-order chi connectivity index (χ0) is 13.9. The summed E-state index contributed by atoms with van der Waals surface area (Å²) in [5.41, 5.74) is 5.44. The Morgan fingerprint density at radius 1 is 1.32 bits per heavy atom. The van der Waals surface area contributed by atoms with E-state index in [1.54, 1.807) is 24.3 Å². The Hall–Kier alpha value is -0.960. The number of nitrogens with two attached hydrogens (primary N) is 1. The van der Waals surface area contributed by atoms with E-state index in [1.807, 2.05) is 0 Å². The predicted molar refractivity (Wildman–Crippen MR) is 79.8 cm³/mol. The number of anilines is 1. The van der Waals surface area contributed by atoms with Crippen molar-refractivity contribution in [3.05, 3.63) is 39.8 Å². The monoisotopic (exact) mass is 361 g/mol. The number of hydrogen-bond donors (Lipinski definition) is 2. The van der Waals surface area contributed by atoms with Gasteiger partial charge in [0.05, 0.1) is 0 Å². The Balaban J connectivity index is 2.19. The minimum absolute atomic E-state index is 0.265. The van der Waals surface area contributed by atoms with E-state index in [-0.39, 0.29) is 10.0 Å². The second-order valence-electron chi connectivity index (χ2n) is 3.73. The Morgan fingerprint density at radius 3 is 2.74 bits per heavy atom. The van der Waals surface area contributed by atoms with Gasteiger partial charge in [-0.3, -0.25) is 4.72 Å². The number of hydrogen-bond acceptors (Lipinski definition) is 5. The minimum atomic E-state index is -3.57. The van der Waals surface area contributed by atoms with Crippen molar-refractivity contribution in [1.82, 2.24) is 4.98 Å². The molecule has 0 aliphatic rings. The molecule has 0 fully saturated rings. The van der Waals surface area contributed by atoms with E-state index in [4.69, 9.17) is 5.73 Å². The van der Waals surface area contributed by atoms with Crippen LogP contribution in [0.2, 0.25) is 0 Å². The van der Waals surface area contributed by atoms with Crippen molar-refractivity contribution in [3.63, 3.8) is 0 Å². The third-order valence-electron chi connectivity index (χ3n) is 2.26. The molecule has 8 heteroatoms. The van der Waals surface area contributed by atoms with Gasteiger partial charge in [-0.15, -0.1) is 11.3 Å². The molecule has 2 aromatic heterocycles. The lowest BCUT2D eigenvalue weighted by Gasteiger charge is -2.04. The van der Waals surface area contributed by atoms with E-state index in [0.29, 0.717) is 13.0 Å². The SMILES string of the molecule is NCCc1ccc(S(=O)(=O)Nc2ccc(Br)cn2)s1. The van der Waals surface area contributed by atoms with Gasteiger partial charge < -0.3 is 5.73 Å². The lowest BCUT2D eigenvalue weighted by atomic mass is 10.3. The molecule has 0 saturated carbocycles. The first kappa shape index (κ1) is 14.4. The summed E-state index contributed by atoms with van der Waals surface area (Å²) in [6.07, 6.45) is 2.21. The van der Waals surface area contributed by atoms with Crippen LogP contribution in [-0.4, -0.2) is 19.9 Å². The molecule has 0 saturated heterocycles. The Kier molecular flexibility index (Phi) is 4.56. The molecule has 102 valence electrons. The summed E-state index contributed by atoms with van der Waals surface area (Å²) in [6, 6.07) is 6.67. The van der Waals surface area contributed by atoms with Crippen molar-refractivity contribution in [2.75, 3.05) is 11.3 Å². The van der Waals surface area contributed by atoms with E-state index >= 15 is 0 Å². The average Bonchev–Trinajstić information content (AvgIpc) is 2.82. The molecule has 2 heterocycles. The Labute approximate surface area is 124 Å². The third kappa shape index (κ3) is 3.75. The van der Waals surface area contributed by atoms with Gasteiger partial charge in [-0.2, -0.15) is 0 Å². The molecule has 2 rings (SSSR count). The Morgan fingerprint density at radius 2 is 2.11 bits per heavy atom. The van der Waals surface area contributed by atoms with Crippen molar-refractivity contribution < 1.29 is 8.42 Å². The molecular weight excluding hydrogens is 350 g/mol. The van der Waals surface area contributed by atoms with E-state index in [2.05, 4.69) is 25.6 Å². The average molecular weight is 362 g/mol. The quantitative estimate of drug-likeness (QED) is 0.854. The van der Waals surface area contributed by atoms with Gasteiger partial charge in [-0.05, 0) is 53.2 Å². The maximum Gasteiger partial charge on any atom is 0.272 e. The maximum atomic E-state index is 12.1. The van der Waals surface area contributed by atoms with Crippen LogP contribution in [0.5, 0.6) is 0 Å². The van der Waals surface area contributed by atoms with Crippen molar-refractivity contribution in [3.8, 4) is 0 Å².